The predicted molar refractivity (Wildman–Crippen MR) is 69.9 cm³/mol. The zero-order valence-corrected chi connectivity index (χ0v) is 11.2. The molecule has 0 aliphatic carbocycles. The monoisotopic (exact) mass is 249 g/mol. The van der Waals surface area contributed by atoms with E-state index in [0.717, 1.165) is 26.2 Å². The highest BCUT2D eigenvalue weighted by molar-refractivity contribution is 7.80. The molecule has 5 nitrogen and oxygen atoms in total. The Hall–Kier alpha value is -0.430. The molecular weight excluding hydrogens is 226 g/mol. The minimum Gasteiger partial charge on any atom is -0.383 e. The Balaban J connectivity index is 3.15. The highest BCUT2D eigenvalue weighted by Gasteiger charge is 1.94. The molecule has 16 heavy (non-hydrogen) atoms. The van der Waals surface area contributed by atoms with Gasteiger partial charge < -0.3 is 25.0 Å². The van der Waals surface area contributed by atoms with Crippen molar-refractivity contribution in [1.82, 2.24) is 15.5 Å². The number of methoxy groups -OCH3 is 1. The van der Waals surface area contributed by atoms with Crippen LogP contribution in [0.5, 0.6) is 0 Å². The molecule has 0 aromatic heterocycles. The second-order valence-electron chi connectivity index (χ2n) is 3.59. The maximum Gasteiger partial charge on any atom is 0.166 e. The minimum absolute atomic E-state index is 0.647. The first-order valence-corrected chi connectivity index (χ1v) is 5.80. The molecule has 0 atom stereocenters. The van der Waals surface area contributed by atoms with Crippen LogP contribution in [0.3, 0.4) is 0 Å². The van der Waals surface area contributed by atoms with E-state index in [-0.39, 0.29) is 0 Å². The molecule has 0 aromatic rings. The zero-order valence-electron chi connectivity index (χ0n) is 10.4. The van der Waals surface area contributed by atoms with Gasteiger partial charge >= 0.3 is 0 Å². The molecule has 0 heterocycles. The molecular formula is C10H23N3O2S. The van der Waals surface area contributed by atoms with Crippen molar-refractivity contribution in [3.8, 4) is 0 Å². The molecule has 6 heteroatoms. The molecule has 0 bridgehead atoms. The lowest BCUT2D eigenvalue weighted by molar-refractivity contribution is 0.122. The SMILES string of the molecule is COCCNC(=S)NCCOCCN(C)C. The van der Waals surface area contributed by atoms with Crippen molar-refractivity contribution >= 4 is 17.3 Å². The molecule has 0 unspecified atom stereocenters. The number of rotatable bonds is 9. The standard InChI is InChI=1S/C10H23N3O2S/c1-13(2)6-9-15-8-5-12-10(16)11-4-7-14-3/h4-9H2,1-3H3,(H2,11,12,16). The summed E-state index contributed by atoms with van der Waals surface area (Å²) in [6, 6.07) is 0. The van der Waals surface area contributed by atoms with E-state index in [4.69, 9.17) is 21.7 Å². The van der Waals surface area contributed by atoms with Crippen molar-refractivity contribution in [2.45, 2.75) is 0 Å². The molecule has 0 aliphatic rings. The quantitative estimate of drug-likeness (QED) is 0.431. The van der Waals surface area contributed by atoms with Crippen molar-refractivity contribution in [3.63, 3.8) is 0 Å². The van der Waals surface area contributed by atoms with E-state index in [9.17, 15) is 0 Å². The van der Waals surface area contributed by atoms with Crippen LogP contribution in [0.4, 0.5) is 0 Å². The molecule has 0 aliphatic heterocycles. The van der Waals surface area contributed by atoms with Gasteiger partial charge in [0.2, 0.25) is 0 Å². The molecule has 0 saturated carbocycles. The van der Waals surface area contributed by atoms with Crippen LogP contribution in [-0.2, 0) is 9.47 Å². The Morgan fingerprint density at radius 1 is 1.12 bits per heavy atom. The number of ether oxygens (including phenoxy) is 2. The maximum atomic E-state index is 5.40. The predicted octanol–water partition coefficient (Wildman–Crippen LogP) is -0.325. The lowest BCUT2D eigenvalue weighted by Crippen LogP contribution is -2.38. The lowest BCUT2D eigenvalue weighted by atomic mass is 10.6. The van der Waals surface area contributed by atoms with Crippen molar-refractivity contribution < 1.29 is 9.47 Å². The molecule has 0 radical (unpaired) electrons. The topological polar surface area (TPSA) is 45.8 Å². The van der Waals surface area contributed by atoms with E-state index < -0.39 is 0 Å². The summed E-state index contributed by atoms with van der Waals surface area (Å²) in [7, 11) is 5.71. The zero-order chi connectivity index (χ0) is 12.2. The summed E-state index contributed by atoms with van der Waals surface area (Å²) >= 11 is 5.05. The Bertz CT molecular complexity index is 179. The van der Waals surface area contributed by atoms with E-state index >= 15 is 0 Å². The molecule has 0 spiro atoms. The maximum absolute atomic E-state index is 5.40. The Kier molecular flexibility index (Phi) is 10.8. The van der Waals surface area contributed by atoms with Gasteiger partial charge in [-0.1, -0.05) is 0 Å². The first kappa shape index (κ1) is 15.6. The molecule has 0 saturated heterocycles. The van der Waals surface area contributed by atoms with Gasteiger partial charge in [-0.15, -0.1) is 0 Å². The van der Waals surface area contributed by atoms with Crippen LogP contribution in [0.1, 0.15) is 0 Å². The van der Waals surface area contributed by atoms with Crippen molar-refractivity contribution in [2.24, 2.45) is 0 Å². The Morgan fingerprint density at radius 2 is 1.75 bits per heavy atom. The van der Waals surface area contributed by atoms with Crippen LogP contribution < -0.4 is 10.6 Å². The first-order chi connectivity index (χ1) is 7.66. The fourth-order valence-electron chi connectivity index (χ4n) is 0.915. The lowest BCUT2D eigenvalue weighted by Gasteiger charge is -2.12. The highest BCUT2D eigenvalue weighted by Crippen LogP contribution is 1.78. The summed E-state index contributed by atoms with van der Waals surface area (Å²) in [5, 5.41) is 6.73. The Labute approximate surface area is 103 Å². The molecule has 96 valence electrons. The van der Waals surface area contributed by atoms with Crippen LogP contribution in [0.2, 0.25) is 0 Å². The molecule has 2 N–H and O–H groups in total. The minimum atomic E-state index is 0.647. The van der Waals surface area contributed by atoms with E-state index in [1.165, 1.54) is 0 Å². The van der Waals surface area contributed by atoms with Gasteiger partial charge in [-0.3, -0.25) is 0 Å². The molecule has 0 aromatic carbocycles. The molecule has 0 amide bonds. The largest absolute Gasteiger partial charge is 0.383 e. The van der Waals surface area contributed by atoms with Crippen LogP contribution in [-0.4, -0.2) is 70.7 Å². The number of hydrogen-bond acceptors (Lipinski definition) is 4. The number of likely N-dealkylation sites (N-methyl/N-ethyl adjacent to an activating group) is 1. The molecule has 0 rings (SSSR count). The van der Waals surface area contributed by atoms with Gasteiger partial charge in [0, 0.05) is 26.7 Å². The van der Waals surface area contributed by atoms with Crippen LogP contribution >= 0.6 is 12.2 Å². The number of hydrogen-bond donors (Lipinski definition) is 2. The average Bonchev–Trinajstić information content (AvgIpc) is 2.23. The van der Waals surface area contributed by atoms with Crippen LogP contribution in [0.15, 0.2) is 0 Å². The van der Waals surface area contributed by atoms with Crippen molar-refractivity contribution in [2.75, 3.05) is 60.7 Å². The fourth-order valence-corrected chi connectivity index (χ4v) is 1.12. The summed E-state index contributed by atoms with van der Waals surface area (Å²) in [6.07, 6.45) is 0. The van der Waals surface area contributed by atoms with Crippen LogP contribution in [0.25, 0.3) is 0 Å². The van der Waals surface area contributed by atoms with E-state index in [1.54, 1.807) is 7.11 Å². The van der Waals surface area contributed by atoms with Crippen molar-refractivity contribution in [1.29, 1.82) is 0 Å². The fraction of sp³-hybridized carbons (Fsp3) is 0.900. The third kappa shape index (κ3) is 11.6. The van der Waals surface area contributed by atoms with Crippen molar-refractivity contribution in [3.05, 3.63) is 0 Å². The normalized spacial score (nSPS) is 10.5. The van der Waals surface area contributed by atoms with Gasteiger partial charge in [0.25, 0.3) is 0 Å². The Morgan fingerprint density at radius 3 is 2.31 bits per heavy atom. The van der Waals surface area contributed by atoms with Gasteiger partial charge in [0.1, 0.15) is 0 Å². The van der Waals surface area contributed by atoms with Gasteiger partial charge in [-0.25, -0.2) is 0 Å². The summed E-state index contributed by atoms with van der Waals surface area (Å²) in [5.41, 5.74) is 0. The third-order valence-corrected chi connectivity index (χ3v) is 2.10. The van der Waals surface area contributed by atoms with E-state index in [2.05, 4.69) is 15.5 Å². The highest BCUT2D eigenvalue weighted by atomic mass is 32.1. The third-order valence-electron chi connectivity index (χ3n) is 1.81. The average molecular weight is 249 g/mol. The summed E-state index contributed by atoms with van der Waals surface area (Å²) in [4.78, 5) is 2.09. The first-order valence-electron chi connectivity index (χ1n) is 5.40. The summed E-state index contributed by atoms with van der Waals surface area (Å²) in [5.74, 6) is 0. The second kappa shape index (κ2) is 11.1. The van der Waals surface area contributed by atoms with Gasteiger partial charge in [-0.2, -0.15) is 0 Å². The van der Waals surface area contributed by atoms with Gasteiger partial charge in [0.15, 0.2) is 5.11 Å². The summed E-state index contributed by atoms with van der Waals surface area (Å²) in [6.45, 7) is 4.46. The molecule has 0 fully saturated rings. The van der Waals surface area contributed by atoms with E-state index in [0.29, 0.717) is 18.3 Å². The smallest absolute Gasteiger partial charge is 0.166 e. The van der Waals surface area contributed by atoms with E-state index in [1.807, 2.05) is 14.1 Å². The number of nitrogens with one attached hydrogen (secondary N) is 2. The number of nitrogens with zero attached hydrogens (tertiary/aromatic N) is 1. The summed E-state index contributed by atoms with van der Waals surface area (Å²) < 4.78 is 10.3. The van der Waals surface area contributed by atoms with Gasteiger partial charge in [0.05, 0.1) is 19.8 Å². The van der Waals surface area contributed by atoms with Gasteiger partial charge in [-0.05, 0) is 26.3 Å². The second-order valence-corrected chi connectivity index (χ2v) is 4.00. The van der Waals surface area contributed by atoms with Crippen LogP contribution in [0, 0.1) is 0 Å². The number of thiocarbonyl (C=S) groups is 1.